The van der Waals surface area contributed by atoms with Crippen molar-refractivity contribution < 1.29 is 38.9 Å². The quantitative estimate of drug-likeness (QED) is 0.335. The van der Waals surface area contributed by atoms with Crippen LogP contribution in [0.5, 0.6) is 11.5 Å². The van der Waals surface area contributed by atoms with Crippen LogP contribution in [-0.4, -0.2) is 50.1 Å². The van der Waals surface area contributed by atoms with Gasteiger partial charge in [-0.3, -0.25) is 9.59 Å². The summed E-state index contributed by atoms with van der Waals surface area (Å²) in [6, 6.07) is 6.47. The summed E-state index contributed by atoms with van der Waals surface area (Å²) in [5.41, 5.74) is 0. The number of aliphatic carboxylic acids is 2. The normalized spacial score (nSPS) is 10.0. The van der Waals surface area contributed by atoms with E-state index >= 15 is 0 Å². The number of rotatable bonds is 14. The van der Waals surface area contributed by atoms with Crippen LogP contribution in [0.4, 0.5) is 0 Å². The van der Waals surface area contributed by atoms with Gasteiger partial charge >= 0.3 is 0 Å². The Morgan fingerprint density at radius 3 is 1.50 bits per heavy atom. The van der Waals surface area contributed by atoms with Crippen LogP contribution in [0, 0.1) is 0 Å². The average molecular weight is 394 g/mol. The molecule has 10 nitrogen and oxygen atoms in total. The Balaban J connectivity index is 2.35. The third-order valence-electron chi connectivity index (χ3n) is 3.33. The molecule has 1 aromatic carbocycles. The van der Waals surface area contributed by atoms with Gasteiger partial charge in [-0.1, -0.05) is 12.1 Å². The molecule has 1 aromatic rings. The first-order valence-electron chi connectivity index (χ1n) is 8.66. The van der Waals surface area contributed by atoms with E-state index in [1.165, 1.54) is 0 Å². The summed E-state index contributed by atoms with van der Waals surface area (Å²) >= 11 is 0. The summed E-state index contributed by atoms with van der Waals surface area (Å²) in [6.07, 6.45) is 0.220. The molecule has 2 N–H and O–H groups in total. The standard InChI is InChI=1S/C18H24N2O8/c21-15(19-9-3-7-17(23)24)11-27-13-5-1-2-6-14(13)28-12-16(22)20-10-4-8-18(25)26/h1-2,5-6H,3-4,7-12H2,(H,19,21)(H,20,22)(H,23,24)(H,25,26)/p-2. The third kappa shape index (κ3) is 10.6. The lowest BCUT2D eigenvalue weighted by Gasteiger charge is -2.13. The number of para-hydroxylation sites is 2. The maximum absolute atomic E-state index is 11.7. The molecule has 0 saturated carbocycles. The molecule has 28 heavy (non-hydrogen) atoms. The largest absolute Gasteiger partial charge is 0.550 e. The van der Waals surface area contributed by atoms with Crippen molar-refractivity contribution in [1.82, 2.24) is 10.6 Å². The molecule has 0 fully saturated rings. The molecule has 0 saturated heterocycles. The highest BCUT2D eigenvalue weighted by Gasteiger charge is 2.09. The summed E-state index contributed by atoms with van der Waals surface area (Å²) in [7, 11) is 0. The van der Waals surface area contributed by atoms with Gasteiger partial charge in [0.2, 0.25) is 0 Å². The number of ether oxygens (including phenoxy) is 2. The Kier molecular flexibility index (Phi) is 10.5. The molecule has 0 aliphatic carbocycles. The second-order valence-corrected chi connectivity index (χ2v) is 5.68. The van der Waals surface area contributed by atoms with Gasteiger partial charge in [0.1, 0.15) is 0 Å². The number of benzene rings is 1. The minimum Gasteiger partial charge on any atom is -0.550 e. The Hall–Kier alpha value is -3.30. The molecule has 0 radical (unpaired) electrons. The molecule has 0 heterocycles. The van der Waals surface area contributed by atoms with Crippen molar-refractivity contribution >= 4 is 23.8 Å². The van der Waals surface area contributed by atoms with E-state index in [4.69, 9.17) is 9.47 Å². The van der Waals surface area contributed by atoms with Gasteiger partial charge in [0.15, 0.2) is 24.7 Å². The molecule has 0 bridgehead atoms. The summed E-state index contributed by atoms with van der Waals surface area (Å²) in [5, 5.41) is 25.6. The van der Waals surface area contributed by atoms with Gasteiger partial charge in [-0.2, -0.15) is 0 Å². The lowest BCUT2D eigenvalue weighted by atomic mass is 10.3. The van der Waals surface area contributed by atoms with Crippen LogP contribution < -0.4 is 30.3 Å². The van der Waals surface area contributed by atoms with Crippen molar-refractivity contribution in [2.24, 2.45) is 0 Å². The second kappa shape index (κ2) is 13.0. The van der Waals surface area contributed by atoms with Crippen LogP contribution >= 0.6 is 0 Å². The molecule has 0 aromatic heterocycles. The lowest BCUT2D eigenvalue weighted by molar-refractivity contribution is -0.307. The van der Waals surface area contributed by atoms with E-state index in [9.17, 15) is 29.4 Å². The number of hydrogen-bond acceptors (Lipinski definition) is 8. The Bertz CT molecular complexity index is 620. The monoisotopic (exact) mass is 394 g/mol. The maximum Gasteiger partial charge on any atom is 0.257 e. The minimum absolute atomic E-state index is 0.146. The van der Waals surface area contributed by atoms with Crippen molar-refractivity contribution in [3.63, 3.8) is 0 Å². The fourth-order valence-electron chi connectivity index (χ4n) is 2.00. The van der Waals surface area contributed by atoms with Gasteiger partial charge in [0.25, 0.3) is 11.8 Å². The molecule has 1 rings (SSSR count). The van der Waals surface area contributed by atoms with Crippen LogP contribution in [0.3, 0.4) is 0 Å². The summed E-state index contributed by atoms with van der Waals surface area (Å²) in [5.74, 6) is -2.70. The van der Waals surface area contributed by atoms with Gasteiger partial charge in [-0.15, -0.1) is 0 Å². The highest BCUT2D eigenvalue weighted by molar-refractivity contribution is 5.78. The molecule has 0 atom stereocenters. The molecule has 2 amide bonds. The zero-order valence-corrected chi connectivity index (χ0v) is 15.2. The van der Waals surface area contributed by atoms with Crippen LogP contribution in [0.2, 0.25) is 0 Å². The summed E-state index contributed by atoms with van der Waals surface area (Å²) in [4.78, 5) is 43.9. The second-order valence-electron chi connectivity index (χ2n) is 5.68. The van der Waals surface area contributed by atoms with Crippen LogP contribution in [0.1, 0.15) is 25.7 Å². The first kappa shape index (κ1) is 22.7. The maximum atomic E-state index is 11.7. The lowest BCUT2D eigenvalue weighted by Crippen LogP contribution is -2.31. The number of nitrogens with one attached hydrogen (secondary N) is 2. The highest BCUT2D eigenvalue weighted by Crippen LogP contribution is 2.26. The Labute approximate surface area is 161 Å². The molecule has 10 heteroatoms. The summed E-state index contributed by atoms with van der Waals surface area (Å²) in [6.45, 7) is -0.235. The van der Waals surface area contributed by atoms with Crippen molar-refractivity contribution in [2.75, 3.05) is 26.3 Å². The average Bonchev–Trinajstić information content (AvgIpc) is 2.65. The van der Waals surface area contributed by atoms with Gasteiger partial charge in [0, 0.05) is 25.0 Å². The van der Waals surface area contributed by atoms with Crippen LogP contribution in [-0.2, 0) is 19.2 Å². The first-order chi connectivity index (χ1) is 13.4. The van der Waals surface area contributed by atoms with E-state index in [0.29, 0.717) is 0 Å². The van der Waals surface area contributed by atoms with E-state index in [1.807, 2.05) is 0 Å². The number of carbonyl (C=O) groups is 4. The van der Waals surface area contributed by atoms with Gasteiger partial charge in [-0.25, -0.2) is 0 Å². The topological polar surface area (TPSA) is 157 Å². The van der Waals surface area contributed by atoms with E-state index < -0.39 is 23.8 Å². The predicted molar refractivity (Wildman–Crippen MR) is 91.9 cm³/mol. The zero-order valence-electron chi connectivity index (χ0n) is 15.2. The van der Waals surface area contributed by atoms with Gasteiger partial charge < -0.3 is 39.9 Å². The molecule has 154 valence electrons. The van der Waals surface area contributed by atoms with E-state index in [2.05, 4.69) is 10.6 Å². The third-order valence-corrected chi connectivity index (χ3v) is 3.33. The number of hydrogen-bond donors (Lipinski definition) is 2. The van der Waals surface area contributed by atoms with E-state index in [-0.39, 0.29) is 63.5 Å². The van der Waals surface area contributed by atoms with Crippen LogP contribution in [0.15, 0.2) is 24.3 Å². The highest BCUT2D eigenvalue weighted by atomic mass is 16.5. The first-order valence-corrected chi connectivity index (χ1v) is 8.66. The zero-order chi connectivity index (χ0) is 20.8. The number of carbonyl (C=O) groups excluding carboxylic acids is 4. The van der Waals surface area contributed by atoms with Crippen molar-refractivity contribution in [3.05, 3.63) is 24.3 Å². The molecule has 0 spiro atoms. The fourth-order valence-corrected chi connectivity index (χ4v) is 2.00. The van der Waals surface area contributed by atoms with Gasteiger partial charge in [-0.05, 0) is 37.8 Å². The fraction of sp³-hybridized carbons (Fsp3) is 0.444. The van der Waals surface area contributed by atoms with Crippen molar-refractivity contribution in [2.45, 2.75) is 25.7 Å². The Morgan fingerprint density at radius 2 is 1.14 bits per heavy atom. The van der Waals surface area contributed by atoms with Gasteiger partial charge in [0.05, 0.1) is 0 Å². The number of amides is 2. The molecule has 0 aliphatic rings. The van der Waals surface area contributed by atoms with Crippen molar-refractivity contribution in [3.8, 4) is 11.5 Å². The smallest absolute Gasteiger partial charge is 0.257 e. The predicted octanol–water partition coefficient (Wildman–Crippen LogP) is -2.26. The molecular formula is C18H22N2O8-2. The van der Waals surface area contributed by atoms with E-state index in [1.54, 1.807) is 24.3 Å². The number of carboxylic acids is 2. The molecular weight excluding hydrogens is 372 g/mol. The van der Waals surface area contributed by atoms with Crippen molar-refractivity contribution in [1.29, 1.82) is 0 Å². The SMILES string of the molecule is O=C([O-])CCCNC(=O)COc1ccccc1OCC(=O)NCCCC(=O)[O-]. The molecule has 0 unspecified atom stereocenters. The summed E-state index contributed by atoms with van der Waals surface area (Å²) < 4.78 is 10.7. The Morgan fingerprint density at radius 1 is 0.750 bits per heavy atom. The molecule has 0 aliphatic heterocycles. The minimum atomic E-state index is -1.18. The van der Waals surface area contributed by atoms with E-state index in [0.717, 1.165) is 0 Å². The van der Waals surface area contributed by atoms with Crippen LogP contribution in [0.25, 0.3) is 0 Å². The number of carboxylic acid groups (broad SMARTS) is 2.